The first-order valence-corrected chi connectivity index (χ1v) is 4.80. The van der Waals surface area contributed by atoms with Gasteiger partial charge in [0, 0.05) is 18.0 Å². The molecule has 3 nitrogen and oxygen atoms in total. The number of carboxylic acid groups (broad SMARTS) is 1. The van der Waals surface area contributed by atoms with Crippen LogP contribution in [0.3, 0.4) is 0 Å². The first kappa shape index (κ1) is 12.2. The van der Waals surface area contributed by atoms with Crippen LogP contribution in [0.1, 0.15) is 18.4 Å². The quantitative estimate of drug-likeness (QED) is 0.758. The molecule has 1 atom stereocenters. The Morgan fingerprint density at radius 2 is 2.06 bits per heavy atom. The first-order chi connectivity index (χ1) is 7.58. The molecule has 0 fully saturated rings. The Kier molecular flexibility index (Phi) is 4.49. The Bertz CT molecular complexity index is 417. The van der Waals surface area contributed by atoms with E-state index in [9.17, 15) is 9.18 Å². The summed E-state index contributed by atoms with van der Waals surface area (Å²) in [6.45, 7) is 0. The monoisotopic (exact) mass is 221 g/mol. The second-order valence-electron chi connectivity index (χ2n) is 3.37. The topological polar surface area (TPSA) is 63.3 Å². The lowest BCUT2D eigenvalue weighted by molar-refractivity contribution is -0.137. The Morgan fingerprint density at radius 1 is 1.44 bits per heavy atom. The lowest BCUT2D eigenvalue weighted by atomic mass is 10.1. The number of hydrogen-bond acceptors (Lipinski definition) is 2. The van der Waals surface area contributed by atoms with E-state index in [-0.39, 0.29) is 12.2 Å². The fourth-order valence-electron chi connectivity index (χ4n) is 1.11. The summed E-state index contributed by atoms with van der Waals surface area (Å²) in [4.78, 5) is 10.3. The molecule has 0 amide bonds. The van der Waals surface area contributed by atoms with Crippen molar-refractivity contribution in [1.29, 1.82) is 0 Å². The molecule has 0 saturated heterocycles. The molecule has 3 N–H and O–H groups in total. The van der Waals surface area contributed by atoms with Crippen molar-refractivity contribution in [2.75, 3.05) is 0 Å². The number of aliphatic carboxylic acids is 1. The summed E-state index contributed by atoms with van der Waals surface area (Å²) in [6.07, 6.45) is 0.210. The average Bonchev–Trinajstić information content (AvgIpc) is 2.20. The molecule has 0 aliphatic carbocycles. The van der Waals surface area contributed by atoms with E-state index in [1.165, 1.54) is 12.1 Å². The van der Waals surface area contributed by atoms with Crippen molar-refractivity contribution >= 4 is 5.97 Å². The normalized spacial score (nSPS) is 11.4. The first-order valence-electron chi connectivity index (χ1n) is 4.80. The van der Waals surface area contributed by atoms with E-state index in [2.05, 4.69) is 11.8 Å². The number of benzene rings is 1. The van der Waals surface area contributed by atoms with Crippen molar-refractivity contribution in [2.24, 2.45) is 5.73 Å². The van der Waals surface area contributed by atoms with Crippen molar-refractivity contribution in [1.82, 2.24) is 0 Å². The summed E-state index contributed by atoms with van der Waals surface area (Å²) in [5.74, 6) is 4.31. The van der Waals surface area contributed by atoms with Crippen LogP contribution in [0.4, 0.5) is 4.39 Å². The van der Waals surface area contributed by atoms with Gasteiger partial charge in [-0.2, -0.15) is 0 Å². The number of hydrogen-bond donors (Lipinski definition) is 2. The predicted molar refractivity (Wildman–Crippen MR) is 58.1 cm³/mol. The van der Waals surface area contributed by atoms with Crippen molar-refractivity contribution in [3.05, 3.63) is 35.6 Å². The van der Waals surface area contributed by atoms with Gasteiger partial charge in [0.1, 0.15) is 5.82 Å². The zero-order valence-electron chi connectivity index (χ0n) is 8.61. The highest BCUT2D eigenvalue weighted by atomic mass is 19.1. The van der Waals surface area contributed by atoms with E-state index >= 15 is 0 Å². The SMILES string of the molecule is N[C@H](CC#Cc1ccc(F)cc1)CC(=O)O. The average molecular weight is 221 g/mol. The third-order valence-corrected chi connectivity index (χ3v) is 1.88. The Hall–Kier alpha value is -1.86. The number of halogens is 1. The van der Waals surface area contributed by atoms with Crippen LogP contribution in [0, 0.1) is 17.7 Å². The molecule has 4 heteroatoms. The molecule has 0 spiro atoms. The lowest BCUT2D eigenvalue weighted by Crippen LogP contribution is -2.22. The van der Waals surface area contributed by atoms with Gasteiger partial charge in [0.05, 0.1) is 6.42 Å². The van der Waals surface area contributed by atoms with Crippen LogP contribution in [0.25, 0.3) is 0 Å². The summed E-state index contributed by atoms with van der Waals surface area (Å²) in [5, 5.41) is 8.46. The van der Waals surface area contributed by atoms with E-state index in [0.717, 1.165) is 0 Å². The highest BCUT2D eigenvalue weighted by Crippen LogP contribution is 2.01. The fourth-order valence-corrected chi connectivity index (χ4v) is 1.11. The second kappa shape index (κ2) is 5.89. The van der Waals surface area contributed by atoms with Gasteiger partial charge < -0.3 is 10.8 Å². The maximum atomic E-state index is 12.5. The van der Waals surface area contributed by atoms with Gasteiger partial charge in [-0.1, -0.05) is 11.8 Å². The van der Waals surface area contributed by atoms with Gasteiger partial charge in [0.15, 0.2) is 0 Å². The van der Waals surface area contributed by atoms with Crippen LogP contribution in [0.5, 0.6) is 0 Å². The van der Waals surface area contributed by atoms with Crippen LogP contribution in [0.15, 0.2) is 24.3 Å². The van der Waals surface area contributed by atoms with Crippen LogP contribution in [-0.4, -0.2) is 17.1 Å². The molecule has 0 bridgehead atoms. The largest absolute Gasteiger partial charge is 0.481 e. The summed E-state index contributed by atoms with van der Waals surface area (Å²) in [6, 6.07) is 5.30. The molecule has 16 heavy (non-hydrogen) atoms. The van der Waals surface area contributed by atoms with Crippen LogP contribution in [-0.2, 0) is 4.79 Å². The molecular weight excluding hydrogens is 209 g/mol. The van der Waals surface area contributed by atoms with E-state index in [1.54, 1.807) is 12.1 Å². The van der Waals surface area contributed by atoms with Crippen LogP contribution in [0.2, 0.25) is 0 Å². The van der Waals surface area contributed by atoms with E-state index < -0.39 is 12.0 Å². The van der Waals surface area contributed by atoms with Gasteiger partial charge in [-0.15, -0.1) is 0 Å². The maximum absolute atomic E-state index is 12.5. The number of nitrogens with two attached hydrogens (primary N) is 1. The van der Waals surface area contributed by atoms with Crippen molar-refractivity contribution in [3.63, 3.8) is 0 Å². The number of carbonyl (C=O) groups is 1. The van der Waals surface area contributed by atoms with Crippen molar-refractivity contribution in [3.8, 4) is 11.8 Å². The molecule has 0 heterocycles. The summed E-state index contributed by atoms with van der Waals surface area (Å²) in [7, 11) is 0. The van der Waals surface area contributed by atoms with E-state index in [4.69, 9.17) is 10.8 Å². The van der Waals surface area contributed by atoms with Gasteiger partial charge in [0.2, 0.25) is 0 Å². The minimum Gasteiger partial charge on any atom is -0.481 e. The lowest BCUT2D eigenvalue weighted by Gasteiger charge is -2.01. The zero-order valence-corrected chi connectivity index (χ0v) is 8.61. The molecule has 0 unspecified atom stereocenters. The minimum absolute atomic E-state index is 0.0991. The van der Waals surface area contributed by atoms with Gasteiger partial charge >= 0.3 is 5.97 Å². The molecular formula is C12H12FNO2. The maximum Gasteiger partial charge on any atom is 0.304 e. The third kappa shape index (κ3) is 4.58. The minimum atomic E-state index is -0.934. The molecule has 0 radical (unpaired) electrons. The number of carboxylic acids is 1. The van der Waals surface area contributed by atoms with Crippen LogP contribution < -0.4 is 5.73 Å². The predicted octanol–water partition coefficient (Wildman–Crippen LogP) is 1.37. The van der Waals surface area contributed by atoms with E-state index in [1.807, 2.05) is 0 Å². The van der Waals surface area contributed by atoms with Gasteiger partial charge in [0.25, 0.3) is 0 Å². The standard InChI is InChI=1S/C12H12FNO2/c13-10-6-4-9(5-7-10)2-1-3-11(14)8-12(15)16/h4-7,11H,3,8,14H2,(H,15,16)/t11-/m1/s1. The highest BCUT2D eigenvalue weighted by molar-refractivity contribution is 5.67. The Balaban J connectivity index is 2.49. The molecule has 1 rings (SSSR count). The molecule has 1 aromatic rings. The highest BCUT2D eigenvalue weighted by Gasteiger charge is 2.05. The van der Waals surface area contributed by atoms with Gasteiger partial charge in [-0.3, -0.25) is 4.79 Å². The zero-order chi connectivity index (χ0) is 12.0. The second-order valence-corrected chi connectivity index (χ2v) is 3.37. The Labute approximate surface area is 93.1 Å². The Morgan fingerprint density at radius 3 is 2.62 bits per heavy atom. The fraction of sp³-hybridized carbons (Fsp3) is 0.250. The van der Waals surface area contributed by atoms with Crippen LogP contribution >= 0.6 is 0 Å². The molecule has 84 valence electrons. The van der Waals surface area contributed by atoms with Crippen molar-refractivity contribution < 1.29 is 14.3 Å². The molecule has 1 aromatic carbocycles. The molecule has 0 aliphatic rings. The van der Waals surface area contributed by atoms with Crippen molar-refractivity contribution in [2.45, 2.75) is 18.9 Å². The summed E-state index contributed by atoms with van der Waals surface area (Å²) >= 11 is 0. The van der Waals surface area contributed by atoms with Gasteiger partial charge in [-0.05, 0) is 24.3 Å². The summed E-state index contributed by atoms with van der Waals surface area (Å²) in [5.41, 5.74) is 6.20. The van der Waals surface area contributed by atoms with Gasteiger partial charge in [-0.25, -0.2) is 4.39 Å². The summed E-state index contributed by atoms with van der Waals surface area (Å²) < 4.78 is 12.5. The molecule has 0 aliphatic heterocycles. The third-order valence-electron chi connectivity index (χ3n) is 1.88. The molecule has 0 saturated carbocycles. The number of rotatable bonds is 3. The van der Waals surface area contributed by atoms with E-state index in [0.29, 0.717) is 12.0 Å². The molecule has 0 aromatic heterocycles. The smallest absolute Gasteiger partial charge is 0.304 e.